The van der Waals surface area contributed by atoms with Crippen molar-refractivity contribution in [2.24, 2.45) is 0 Å². The van der Waals surface area contributed by atoms with Gasteiger partial charge in [0.25, 0.3) is 5.91 Å². The fourth-order valence-electron chi connectivity index (χ4n) is 4.93. The third kappa shape index (κ3) is 4.08. The van der Waals surface area contributed by atoms with E-state index in [1.165, 1.54) is 12.8 Å². The molecule has 1 aromatic heterocycles. The Morgan fingerprint density at radius 2 is 1.74 bits per heavy atom. The van der Waals surface area contributed by atoms with Crippen molar-refractivity contribution in [2.75, 3.05) is 59.9 Å². The monoisotopic (exact) mass is 374 g/mol. The predicted octanol–water partition coefficient (Wildman–Crippen LogP) is 2.12. The summed E-state index contributed by atoms with van der Waals surface area (Å²) < 4.78 is 5.97. The highest BCUT2D eigenvalue weighted by atomic mass is 16.4. The molecule has 0 radical (unpaired) electrons. The number of amides is 1. The molecule has 0 atom stereocenters. The van der Waals surface area contributed by atoms with Gasteiger partial charge in [0.1, 0.15) is 5.76 Å². The van der Waals surface area contributed by atoms with E-state index in [2.05, 4.69) is 28.8 Å². The lowest BCUT2D eigenvalue weighted by atomic mass is 9.85. The van der Waals surface area contributed by atoms with Crippen molar-refractivity contribution in [3.8, 4) is 0 Å². The quantitative estimate of drug-likeness (QED) is 0.811. The van der Waals surface area contributed by atoms with Gasteiger partial charge in [0.05, 0.1) is 6.54 Å². The van der Waals surface area contributed by atoms with Crippen LogP contribution in [-0.2, 0) is 6.54 Å². The molecule has 1 aromatic rings. The fourth-order valence-corrected chi connectivity index (χ4v) is 4.93. The topological polar surface area (TPSA) is 43.2 Å². The molecule has 3 aliphatic rings. The first-order valence-corrected chi connectivity index (χ1v) is 10.6. The van der Waals surface area contributed by atoms with Gasteiger partial charge in [0.2, 0.25) is 0 Å². The minimum absolute atomic E-state index is 0.0660. The minimum Gasteiger partial charge on any atom is -0.455 e. The molecule has 6 heteroatoms. The van der Waals surface area contributed by atoms with E-state index in [1.54, 1.807) is 0 Å². The lowest BCUT2D eigenvalue weighted by Crippen LogP contribution is -2.58. The highest BCUT2D eigenvalue weighted by Crippen LogP contribution is 2.31. The number of piperidine rings is 1. The highest BCUT2D eigenvalue weighted by Gasteiger charge is 2.41. The molecule has 4 rings (SSSR count). The minimum atomic E-state index is 0.0660. The van der Waals surface area contributed by atoms with Crippen LogP contribution < -0.4 is 0 Å². The number of likely N-dealkylation sites (tertiary alicyclic amines) is 2. The van der Waals surface area contributed by atoms with E-state index in [9.17, 15) is 4.79 Å². The number of carbonyl (C=O) groups is 1. The number of furan rings is 1. The maximum Gasteiger partial charge on any atom is 0.289 e. The van der Waals surface area contributed by atoms with Crippen LogP contribution in [0.5, 0.6) is 0 Å². The number of rotatable bonds is 3. The van der Waals surface area contributed by atoms with Crippen LogP contribution in [0.2, 0.25) is 0 Å². The van der Waals surface area contributed by atoms with E-state index >= 15 is 0 Å². The Bertz CT molecular complexity index is 644. The Morgan fingerprint density at radius 3 is 2.48 bits per heavy atom. The molecule has 0 N–H and O–H groups in total. The molecule has 0 aliphatic carbocycles. The average Bonchev–Trinajstić information content (AvgIpc) is 3.31. The zero-order valence-corrected chi connectivity index (χ0v) is 17.0. The Balaban J connectivity index is 1.45. The molecule has 27 heavy (non-hydrogen) atoms. The molecule has 3 saturated heterocycles. The van der Waals surface area contributed by atoms with Crippen LogP contribution in [-0.4, -0.2) is 91.0 Å². The number of hydrogen-bond donors (Lipinski definition) is 0. The van der Waals surface area contributed by atoms with Crippen molar-refractivity contribution in [2.45, 2.75) is 44.2 Å². The van der Waals surface area contributed by atoms with Crippen molar-refractivity contribution in [3.63, 3.8) is 0 Å². The van der Waals surface area contributed by atoms with Crippen LogP contribution in [0, 0.1) is 0 Å². The molecule has 1 spiro atoms. The lowest BCUT2D eigenvalue weighted by molar-refractivity contribution is 0.0304. The Hall–Kier alpha value is -1.37. The highest BCUT2D eigenvalue weighted by molar-refractivity contribution is 5.91. The van der Waals surface area contributed by atoms with Gasteiger partial charge in [-0.1, -0.05) is 0 Å². The number of carbonyl (C=O) groups excluding carboxylic acids is 1. The molecule has 1 amide bonds. The van der Waals surface area contributed by atoms with Gasteiger partial charge in [-0.05, 0) is 84.5 Å². The van der Waals surface area contributed by atoms with Gasteiger partial charge >= 0.3 is 0 Å². The third-order valence-corrected chi connectivity index (χ3v) is 6.87. The van der Waals surface area contributed by atoms with E-state index in [0.29, 0.717) is 5.76 Å². The zero-order chi connectivity index (χ0) is 18.9. The molecule has 0 unspecified atom stereocenters. The normalized spacial score (nSPS) is 25.2. The summed E-state index contributed by atoms with van der Waals surface area (Å²) >= 11 is 0. The van der Waals surface area contributed by atoms with Crippen LogP contribution in [0.1, 0.15) is 48.4 Å². The van der Waals surface area contributed by atoms with Gasteiger partial charge in [-0.15, -0.1) is 0 Å². The number of nitrogens with zero attached hydrogens (tertiary/aromatic N) is 4. The molecule has 3 fully saturated rings. The molecule has 150 valence electrons. The average molecular weight is 375 g/mol. The van der Waals surface area contributed by atoms with E-state index in [0.717, 1.165) is 77.4 Å². The Morgan fingerprint density at radius 1 is 1.00 bits per heavy atom. The summed E-state index contributed by atoms with van der Waals surface area (Å²) in [6, 6.07) is 3.87. The zero-order valence-electron chi connectivity index (χ0n) is 17.0. The standard InChI is InChI=1S/C21H34N4O2/c1-22-14-8-21(9-15-22)17-25(13-5-10-23(21)2)20(26)19-7-6-18(27-19)16-24-11-3-4-12-24/h6-7H,3-5,8-17H2,1-2H3. The van der Waals surface area contributed by atoms with Crippen LogP contribution in [0.3, 0.4) is 0 Å². The SMILES string of the molecule is CN1CCC2(CC1)CN(C(=O)c1ccc(CN3CCCC3)o1)CCCN2C. The summed E-state index contributed by atoms with van der Waals surface area (Å²) in [6.07, 6.45) is 5.82. The maximum atomic E-state index is 13.2. The van der Waals surface area contributed by atoms with Crippen LogP contribution in [0.15, 0.2) is 16.5 Å². The van der Waals surface area contributed by atoms with Gasteiger partial charge < -0.3 is 14.2 Å². The second-order valence-electron chi connectivity index (χ2n) is 8.78. The Labute approximate surface area is 163 Å². The molecule has 0 bridgehead atoms. The van der Waals surface area contributed by atoms with Crippen LogP contribution in [0.4, 0.5) is 0 Å². The van der Waals surface area contributed by atoms with Crippen molar-refractivity contribution in [3.05, 3.63) is 23.7 Å². The van der Waals surface area contributed by atoms with E-state index in [-0.39, 0.29) is 11.4 Å². The van der Waals surface area contributed by atoms with E-state index in [1.807, 2.05) is 17.0 Å². The fraction of sp³-hybridized carbons (Fsp3) is 0.762. The second kappa shape index (κ2) is 7.94. The van der Waals surface area contributed by atoms with Crippen molar-refractivity contribution in [1.29, 1.82) is 0 Å². The first-order valence-electron chi connectivity index (χ1n) is 10.6. The van der Waals surface area contributed by atoms with E-state index in [4.69, 9.17) is 4.42 Å². The smallest absolute Gasteiger partial charge is 0.289 e. The summed E-state index contributed by atoms with van der Waals surface area (Å²) in [5.74, 6) is 1.49. The molecular weight excluding hydrogens is 340 g/mol. The van der Waals surface area contributed by atoms with Gasteiger partial charge in [-0.25, -0.2) is 0 Å². The summed E-state index contributed by atoms with van der Waals surface area (Å²) in [5.41, 5.74) is 0.115. The summed E-state index contributed by atoms with van der Waals surface area (Å²) in [6.45, 7) is 8.01. The molecule has 0 aromatic carbocycles. The first-order chi connectivity index (χ1) is 13.1. The van der Waals surface area contributed by atoms with Crippen LogP contribution >= 0.6 is 0 Å². The lowest BCUT2D eigenvalue weighted by Gasteiger charge is -2.47. The molecule has 4 heterocycles. The molecular formula is C21H34N4O2. The molecule has 0 saturated carbocycles. The summed E-state index contributed by atoms with van der Waals surface area (Å²) in [7, 11) is 4.43. The Kier molecular flexibility index (Phi) is 5.58. The summed E-state index contributed by atoms with van der Waals surface area (Å²) in [5, 5.41) is 0. The van der Waals surface area contributed by atoms with Gasteiger partial charge in [0, 0.05) is 25.2 Å². The second-order valence-corrected chi connectivity index (χ2v) is 8.78. The van der Waals surface area contributed by atoms with Gasteiger partial charge in [-0.3, -0.25) is 14.6 Å². The van der Waals surface area contributed by atoms with Gasteiger partial charge in [-0.2, -0.15) is 0 Å². The molecule has 3 aliphatic heterocycles. The number of likely N-dealkylation sites (N-methyl/N-ethyl adjacent to an activating group) is 1. The van der Waals surface area contributed by atoms with E-state index < -0.39 is 0 Å². The molecule has 6 nitrogen and oxygen atoms in total. The maximum absolute atomic E-state index is 13.2. The van der Waals surface area contributed by atoms with Gasteiger partial charge in [0.15, 0.2) is 5.76 Å². The van der Waals surface area contributed by atoms with Crippen molar-refractivity contribution in [1.82, 2.24) is 19.6 Å². The third-order valence-electron chi connectivity index (χ3n) is 6.87. The summed E-state index contributed by atoms with van der Waals surface area (Å²) in [4.78, 5) is 22.5. The largest absolute Gasteiger partial charge is 0.455 e. The predicted molar refractivity (Wildman–Crippen MR) is 106 cm³/mol. The first kappa shape index (κ1) is 19.0. The van der Waals surface area contributed by atoms with Crippen molar-refractivity contribution < 1.29 is 9.21 Å². The van der Waals surface area contributed by atoms with Crippen LogP contribution in [0.25, 0.3) is 0 Å². The number of hydrogen-bond acceptors (Lipinski definition) is 5. The van der Waals surface area contributed by atoms with Crippen molar-refractivity contribution >= 4 is 5.91 Å².